The summed E-state index contributed by atoms with van der Waals surface area (Å²) in [5.41, 5.74) is 1.13. The van der Waals surface area contributed by atoms with Gasteiger partial charge in [-0.25, -0.2) is 0 Å². The Labute approximate surface area is 155 Å². The van der Waals surface area contributed by atoms with Crippen LogP contribution in [0.5, 0.6) is 0 Å². The highest BCUT2D eigenvalue weighted by molar-refractivity contribution is 5.87. The van der Waals surface area contributed by atoms with Crippen LogP contribution in [0.1, 0.15) is 57.1 Å². The molecule has 2 aromatic carbocycles. The minimum Gasteiger partial charge on any atom is -0.353 e. The highest BCUT2D eigenvalue weighted by Gasteiger charge is 2.21. The Bertz CT molecular complexity index is 775. The van der Waals surface area contributed by atoms with E-state index in [4.69, 9.17) is 0 Å². The number of rotatable bonds is 6. The zero-order valence-corrected chi connectivity index (χ0v) is 15.7. The Balaban J connectivity index is 1.59. The maximum atomic E-state index is 12.6. The molecule has 0 aromatic heterocycles. The van der Waals surface area contributed by atoms with Crippen LogP contribution in [-0.4, -0.2) is 29.8 Å². The first-order valence-corrected chi connectivity index (χ1v) is 9.59. The molecule has 0 heterocycles. The predicted molar refractivity (Wildman–Crippen MR) is 105 cm³/mol. The Morgan fingerprint density at radius 1 is 1.08 bits per heavy atom. The van der Waals surface area contributed by atoms with Crippen LogP contribution in [0.25, 0.3) is 10.8 Å². The summed E-state index contributed by atoms with van der Waals surface area (Å²) in [6, 6.07) is 14.7. The summed E-state index contributed by atoms with van der Waals surface area (Å²) in [5, 5.41) is 5.39. The zero-order chi connectivity index (χ0) is 18.5. The molecule has 4 nitrogen and oxygen atoms in total. The highest BCUT2D eigenvalue weighted by Crippen LogP contribution is 2.27. The lowest BCUT2D eigenvalue weighted by molar-refractivity contribution is -0.134. The normalized spacial score (nSPS) is 15.8. The summed E-state index contributed by atoms with van der Waals surface area (Å²) in [7, 11) is 1.82. The van der Waals surface area contributed by atoms with Gasteiger partial charge in [0.05, 0.1) is 6.04 Å². The van der Waals surface area contributed by atoms with Gasteiger partial charge in [0.2, 0.25) is 11.8 Å². The molecule has 0 saturated heterocycles. The van der Waals surface area contributed by atoms with Crippen molar-refractivity contribution in [2.45, 2.75) is 57.5 Å². The quantitative estimate of drug-likeness (QED) is 0.847. The molecule has 2 aromatic rings. The second-order valence-electron chi connectivity index (χ2n) is 7.30. The highest BCUT2D eigenvalue weighted by atomic mass is 16.2. The molecular weight excluding hydrogens is 324 g/mol. The van der Waals surface area contributed by atoms with Crippen molar-refractivity contribution in [2.24, 2.45) is 0 Å². The van der Waals surface area contributed by atoms with Crippen LogP contribution in [0.4, 0.5) is 0 Å². The van der Waals surface area contributed by atoms with Gasteiger partial charge in [-0.2, -0.15) is 0 Å². The summed E-state index contributed by atoms with van der Waals surface area (Å²) >= 11 is 0. The molecule has 2 amide bonds. The minimum absolute atomic E-state index is 0.00327. The van der Waals surface area contributed by atoms with Crippen molar-refractivity contribution in [3.05, 3.63) is 48.0 Å². The van der Waals surface area contributed by atoms with E-state index in [1.165, 1.54) is 23.6 Å². The van der Waals surface area contributed by atoms with E-state index in [2.05, 4.69) is 29.6 Å². The summed E-state index contributed by atoms with van der Waals surface area (Å²) < 4.78 is 0. The molecule has 0 unspecified atom stereocenters. The van der Waals surface area contributed by atoms with Crippen molar-refractivity contribution in [2.75, 3.05) is 7.05 Å². The molecule has 0 spiro atoms. The lowest BCUT2D eigenvalue weighted by atomic mass is 9.98. The lowest BCUT2D eigenvalue weighted by Gasteiger charge is -2.26. The van der Waals surface area contributed by atoms with E-state index in [1.807, 2.05) is 32.2 Å². The fourth-order valence-electron chi connectivity index (χ4n) is 3.81. The van der Waals surface area contributed by atoms with Crippen molar-refractivity contribution in [3.8, 4) is 0 Å². The molecule has 1 N–H and O–H groups in total. The number of nitrogens with zero attached hydrogens (tertiary/aromatic N) is 1. The van der Waals surface area contributed by atoms with Crippen LogP contribution in [0.15, 0.2) is 42.5 Å². The molecule has 1 atom stereocenters. The van der Waals surface area contributed by atoms with Gasteiger partial charge in [0.15, 0.2) is 0 Å². The first kappa shape index (κ1) is 18.4. The van der Waals surface area contributed by atoms with Crippen molar-refractivity contribution in [3.63, 3.8) is 0 Å². The number of hydrogen-bond donors (Lipinski definition) is 1. The number of amides is 2. The number of nitrogens with one attached hydrogen (secondary N) is 1. The van der Waals surface area contributed by atoms with Gasteiger partial charge < -0.3 is 10.2 Å². The first-order valence-electron chi connectivity index (χ1n) is 9.59. The van der Waals surface area contributed by atoms with E-state index < -0.39 is 0 Å². The number of carbonyl (C=O) groups is 2. The van der Waals surface area contributed by atoms with Gasteiger partial charge in [-0.1, -0.05) is 55.3 Å². The fraction of sp³-hybridized carbons (Fsp3) is 0.455. The summed E-state index contributed by atoms with van der Waals surface area (Å²) in [6.45, 7) is 2.04. The van der Waals surface area contributed by atoms with E-state index in [9.17, 15) is 9.59 Å². The number of carbonyl (C=O) groups excluding carboxylic acids is 2. The van der Waals surface area contributed by atoms with Crippen LogP contribution in [-0.2, 0) is 9.59 Å². The first-order chi connectivity index (χ1) is 12.6. The monoisotopic (exact) mass is 352 g/mol. The second kappa shape index (κ2) is 8.35. The van der Waals surface area contributed by atoms with E-state index in [1.54, 1.807) is 4.90 Å². The van der Waals surface area contributed by atoms with Crippen LogP contribution in [0, 0.1) is 0 Å². The molecule has 0 aliphatic heterocycles. The van der Waals surface area contributed by atoms with E-state index in [-0.39, 0.29) is 30.7 Å². The molecule has 0 radical (unpaired) electrons. The summed E-state index contributed by atoms with van der Waals surface area (Å²) in [5.74, 6) is 0.00321. The molecule has 1 aliphatic carbocycles. The summed E-state index contributed by atoms with van der Waals surface area (Å²) in [4.78, 5) is 26.4. The molecule has 0 bridgehead atoms. The third-order valence-electron chi connectivity index (χ3n) is 5.53. The minimum atomic E-state index is -0.0357. The standard InChI is InChI=1S/C22H28N2O2/c1-16(19-13-7-9-17-8-3-6-12-20(17)19)24(2)22(26)15-14-21(25)23-18-10-4-5-11-18/h3,6-9,12-13,16,18H,4-5,10-11,14-15H2,1-2H3,(H,23,25)/t16-/m1/s1. The van der Waals surface area contributed by atoms with Crippen LogP contribution >= 0.6 is 0 Å². The molecule has 1 aliphatic rings. The van der Waals surface area contributed by atoms with E-state index in [0.717, 1.165) is 18.4 Å². The SMILES string of the molecule is C[C@H](c1cccc2ccccc12)N(C)C(=O)CCC(=O)NC1CCCC1. The maximum absolute atomic E-state index is 12.6. The predicted octanol–water partition coefficient (Wildman–Crippen LogP) is 4.20. The number of hydrogen-bond acceptors (Lipinski definition) is 2. The topological polar surface area (TPSA) is 49.4 Å². The van der Waals surface area contributed by atoms with Gasteiger partial charge in [0, 0.05) is 25.9 Å². The van der Waals surface area contributed by atoms with Gasteiger partial charge in [0.1, 0.15) is 0 Å². The smallest absolute Gasteiger partial charge is 0.223 e. The van der Waals surface area contributed by atoms with Crippen LogP contribution < -0.4 is 5.32 Å². The molecule has 1 fully saturated rings. The third-order valence-corrected chi connectivity index (χ3v) is 5.53. The maximum Gasteiger partial charge on any atom is 0.223 e. The lowest BCUT2D eigenvalue weighted by Crippen LogP contribution is -2.34. The number of fused-ring (bicyclic) bond motifs is 1. The van der Waals surface area contributed by atoms with Crippen molar-refractivity contribution in [1.82, 2.24) is 10.2 Å². The van der Waals surface area contributed by atoms with Gasteiger partial charge >= 0.3 is 0 Å². The molecule has 26 heavy (non-hydrogen) atoms. The molecule has 138 valence electrons. The van der Waals surface area contributed by atoms with E-state index in [0.29, 0.717) is 6.04 Å². The largest absolute Gasteiger partial charge is 0.353 e. The average molecular weight is 352 g/mol. The summed E-state index contributed by atoms with van der Waals surface area (Å²) in [6.07, 6.45) is 5.03. The Morgan fingerprint density at radius 2 is 1.77 bits per heavy atom. The fourth-order valence-corrected chi connectivity index (χ4v) is 3.81. The van der Waals surface area contributed by atoms with Crippen molar-refractivity contribution >= 4 is 22.6 Å². The van der Waals surface area contributed by atoms with Crippen LogP contribution in [0.3, 0.4) is 0 Å². The van der Waals surface area contributed by atoms with Gasteiger partial charge in [-0.3, -0.25) is 9.59 Å². The molecule has 4 heteroatoms. The van der Waals surface area contributed by atoms with Crippen molar-refractivity contribution in [1.29, 1.82) is 0 Å². The average Bonchev–Trinajstić information content (AvgIpc) is 3.17. The molecule has 3 rings (SSSR count). The molecule has 1 saturated carbocycles. The Morgan fingerprint density at radius 3 is 2.54 bits per heavy atom. The van der Waals surface area contributed by atoms with Gasteiger partial charge in [0.25, 0.3) is 0 Å². The number of benzene rings is 2. The third kappa shape index (κ3) is 4.24. The molecular formula is C22H28N2O2. The zero-order valence-electron chi connectivity index (χ0n) is 15.7. The Hall–Kier alpha value is -2.36. The Kier molecular flexibility index (Phi) is 5.92. The van der Waals surface area contributed by atoms with Gasteiger partial charge in [-0.05, 0) is 36.1 Å². The van der Waals surface area contributed by atoms with Crippen molar-refractivity contribution < 1.29 is 9.59 Å². The van der Waals surface area contributed by atoms with Crippen LogP contribution in [0.2, 0.25) is 0 Å². The van der Waals surface area contributed by atoms with Gasteiger partial charge in [-0.15, -0.1) is 0 Å². The van der Waals surface area contributed by atoms with E-state index >= 15 is 0 Å². The second-order valence-corrected chi connectivity index (χ2v) is 7.30.